The maximum absolute atomic E-state index is 4.20. The summed E-state index contributed by atoms with van der Waals surface area (Å²) in [5, 5.41) is 3.74. The molecule has 1 aromatic heterocycles. The van der Waals surface area contributed by atoms with Gasteiger partial charge in [0.15, 0.2) is 0 Å². The molecule has 0 aliphatic carbocycles. The van der Waals surface area contributed by atoms with E-state index < -0.39 is 0 Å². The minimum atomic E-state index is 0.168. The smallest absolute Gasteiger partial charge is 0.0327 e. The quantitative estimate of drug-likeness (QED) is 0.883. The summed E-state index contributed by atoms with van der Waals surface area (Å²) in [6, 6.07) is 4.69. The molecule has 1 aromatic rings. The Kier molecular flexibility index (Phi) is 4.55. The minimum absolute atomic E-state index is 0.168. The van der Waals surface area contributed by atoms with Crippen LogP contribution in [0.25, 0.3) is 0 Å². The van der Waals surface area contributed by atoms with Crippen LogP contribution in [0.15, 0.2) is 24.5 Å². The molecule has 1 unspecified atom stereocenters. The molecular formula is C15H26N4. The van der Waals surface area contributed by atoms with Gasteiger partial charge in [-0.15, -0.1) is 0 Å². The second kappa shape index (κ2) is 5.99. The summed E-state index contributed by atoms with van der Waals surface area (Å²) in [5.41, 5.74) is 1.46. The van der Waals surface area contributed by atoms with Crippen LogP contribution in [-0.2, 0) is 6.54 Å². The van der Waals surface area contributed by atoms with E-state index in [1.165, 1.54) is 5.56 Å². The molecule has 19 heavy (non-hydrogen) atoms. The number of nitrogens with zero attached hydrogens (tertiary/aromatic N) is 3. The van der Waals surface area contributed by atoms with Crippen LogP contribution < -0.4 is 5.32 Å². The Labute approximate surface area is 116 Å². The predicted molar refractivity (Wildman–Crippen MR) is 79.1 cm³/mol. The molecule has 0 bridgehead atoms. The molecule has 1 aliphatic heterocycles. The lowest BCUT2D eigenvalue weighted by molar-refractivity contribution is 0.0988. The van der Waals surface area contributed by atoms with Crippen molar-refractivity contribution in [1.82, 2.24) is 20.1 Å². The summed E-state index contributed by atoms with van der Waals surface area (Å²) in [6.07, 6.45) is 3.80. The molecule has 0 saturated carbocycles. The fourth-order valence-corrected chi connectivity index (χ4v) is 2.99. The molecule has 2 rings (SSSR count). The van der Waals surface area contributed by atoms with Crippen LogP contribution >= 0.6 is 0 Å². The Morgan fingerprint density at radius 3 is 2.89 bits per heavy atom. The van der Waals surface area contributed by atoms with Crippen LogP contribution in [0.5, 0.6) is 0 Å². The number of aromatic nitrogens is 1. The number of pyridine rings is 1. The van der Waals surface area contributed by atoms with Gasteiger partial charge in [-0.05, 0) is 39.6 Å². The summed E-state index contributed by atoms with van der Waals surface area (Å²) >= 11 is 0. The number of hydrogen-bond acceptors (Lipinski definition) is 4. The van der Waals surface area contributed by atoms with E-state index >= 15 is 0 Å². The second-order valence-electron chi connectivity index (χ2n) is 6.52. The highest BCUT2D eigenvalue weighted by Crippen LogP contribution is 2.16. The number of piperazine rings is 1. The number of rotatable bonds is 4. The zero-order chi connectivity index (χ0) is 13.9. The first-order valence-electron chi connectivity index (χ1n) is 6.98. The summed E-state index contributed by atoms with van der Waals surface area (Å²) < 4.78 is 0. The van der Waals surface area contributed by atoms with Crippen molar-refractivity contribution >= 4 is 0 Å². The van der Waals surface area contributed by atoms with E-state index in [4.69, 9.17) is 0 Å². The molecule has 4 heteroatoms. The van der Waals surface area contributed by atoms with Gasteiger partial charge in [0.05, 0.1) is 0 Å². The molecule has 0 aromatic carbocycles. The van der Waals surface area contributed by atoms with Crippen molar-refractivity contribution in [3.8, 4) is 0 Å². The van der Waals surface area contributed by atoms with Gasteiger partial charge in [0.2, 0.25) is 0 Å². The Balaban J connectivity index is 2.00. The van der Waals surface area contributed by atoms with E-state index in [2.05, 4.69) is 54.1 Å². The van der Waals surface area contributed by atoms with E-state index in [1.54, 1.807) is 0 Å². The summed E-state index contributed by atoms with van der Waals surface area (Å²) in [5.74, 6) is 0. The highest BCUT2D eigenvalue weighted by Gasteiger charge is 2.31. The van der Waals surface area contributed by atoms with E-state index in [0.29, 0.717) is 6.04 Å². The lowest BCUT2D eigenvalue weighted by Crippen LogP contribution is -2.63. The van der Waals surface area contributed by atoms with E-state index in [1.807, 2.05) is 18.5 Å². The minimum Gasteiger partial charge on any atom is -0.308 e. The first-order chi connectivity index (χ1) is 8.94. The van der Waals surface area contributed by atoms with Crippen LogP contribution in [0.1, 0.15) is 19.4 Å². The third-order valence-electron chi connectivity index (χ3n) is 3.41. The van der Waals surface area contributed by atoms with Crippen molar-refractivity contribution in [3.63, 3.8) is 0 Å². The van der Waals surface area contributed by atoms with Crippen molar-refractivity contribution in [2.75, 3.05) is 33.7 Å². The van der Waals surface area contributed by atoms with Gasteiger partial charge < -0.3 is 10.2 Å². The Bertz CT molecular complexity index is 388. The molecule has 1 aliphatic rings. The molecule has 1 atom stereocenters. The van der Waals surface area contributed by atoms with Gasteiger partial charge in [-0.25, -0.2) is 0 Å². The van der Waals surface area contributed by atoms with E-state index in [-0.39, 0.29) is 5.54 Å². The van der Waals surface area contributed by atoms with Gasteiger partial charge in [-0.1, -0.05) is 6.07 Å². The SMILES string of the molecule is CN(C)CC1CN(Cc2cccnc2)CC(C)(C)N1. The molecule has 1 N–H and O–H groups in total. The average molecular weight is 262 g/mol. The standard InChI is InChI=1S/C15H26N4/c1-15(2)12-19(9-13-6-5-7-16-8-13)11-14(17-15)10-18(3)4/h5-8,14,17H,9-12H2,1-4H3. The van der Waals surface area contributed by atoms with Gasteiger partial charge >= 0.3 is 0 Å². The zero-order valence-electron chi connectivity index (χ0n) is 12.6. The highest BCUT2D eigenvalue weighted by molar-refractivity contribution is 5.09. The maximum Gasteiger partial charge on any atom is 0.0327 e. The maximum atomic E-state index is 4.20. The van der Waals surface area contributed by atoms with Crippen molar-refractivity contribution < 1.29 is 0 Å². The van der Waals surface area contributed by atoms with Gasteiger partial charge in [-0.3, -0.25) is 9.88 Å². The molecule has 0 amide bonds. The lowest BCUT2D eigenvalue weighted by atomic mass is 9.98. The first-order valence-corrected chi connectivity index (χ1v) is 6.98. The fraction of sp³-hybridized carbons (Fsp3) is 0.667. The molecule has 0 radical (unpaired) electrons. The third-order valence-corrected chi connectivity index (χ3v) is 3.41. The van der Waals surface area contributed by atoms with Gasteiger partial charge in [0.1, 0.15) is 0 Å². The molecule has 106 valence electrons. The average Bonchev–Trinajstić information content (AvgIpc) is 2.26. The van der Waals surface area contributed by atoms with Crippen LogP contribution in [-0.4, -0.2) is 60.1 Å². The van der Waals surface area contributed by atoms with Crippen LogP contribution in [0.3, 0.4) is 0 Å². The molecule has 1 saturated heterocycles. The van der Waals surface area contributed by atoms with Gasteiger partial charge in [0, 0.05) is 50.2 Å². The van der Waals surface area contributed by atoms with Gasteiger partial charge in [0.25, 0.3) is 0 Å². The topological polar surface area (TPSA) is 31.4 Å². The van der Waals surface area contributed by atoms with Crippen LogP contribution in [0.2, 0.25) is 0 Å². The zero-order valence-corrected chi connectivity index (χ0v) is 12.6. The lowest BCUT2D eigenvalue weighted by Gasteiger charge is -2.44. The Hall–Kier alpha value is -0.970. The largest absolute Gasteiger partial charge is 0.308 e. The van der Waals surface area contributed by atoms with Crippen molar-refractivity contribution in [2.24, 2.45) is 0 Å². The molecule has 0 spiro atoms. The Morgan fingerprint density at radius 1 is 1.47 bits per heavy atom. The van der Waals surface area contributed by atoms with Crippen molar-refractivity contribution in [3.05, 3.63) is 30.1 Å². The molecular weight excluding hydrogens is 236 g/mol. The summed E-state index contributed by atoms with van der Waals surface area (Å²) in [4.78, 5) is 8.98. The number of hydrogen-bond donors (Lipinski definition) is 1. The molecule has 4 nitrogen and oxygen atoms in total. The fourth-order valence-electron chi connectivity index (χ4n) is 2.99. The van der Waals surface area contributed by atoms with Gasteiger partial charge in [-0.2, -0.15) is 0 Å². The Morgan fingerprint density at radius 2 is 2.26 bits per heavy atom. The van der Waals surface area contributed by atoms with Crippen molar-refractivity contribution in [2.45, 2.75) is 32.0 Å². The normalized spacial score (nSPS) is 23.7. The highest BCUT2D eigenvalue weighted by atomic mass is 15.3. The first kappa shape index (κ1) is 14.4. The molecule has 2 heterocycles. The predicted octanol–water partition coefficient (Wildman–Crippen LogP) is 1.20. The number of likely N-dealkylation sites (N-methyl/N-ethyl adjacent to an activating group) is 1. The van der Waals surface area contributed by atoms with Crippen LogP contribution in [0.4, 0.5) is 0 Å². The van der Waals surface area contributed by atoms with E-state index in [0.717, 1.165) is 26.2 Å². The third kappa shape index (κ3) is 4.56. The number of nitrogens with one attached hydrogen (secondary N) is 1. The summed E-state index contributed by atoms with van der Waals surface area (Å²) in [6.45, 7) is 8.80. The summed E-state index contributed by atoms with van der Waals surface area (Å²) in [7, 11) is 4.27. The molecule has 1 fully saturated rings. The van der Waals surface area contributed by atoms with Crippen molar-refractivity contribution in [1.29, 1.82) is 0 Å². The van der Waals surface area contributed by atoms with Crippen LogP contribution in [0, 0.1) is 0 Å². The monoisotopic (exact) mass is 262 g/mol. The second-order valence-corrected chi connectivity index (χ2v) is 6.52. The van der Waals surface area contributed by atoms with E-state index in [9.17, 15) is 0 Å².